The second-order valence-electron chi connectivity index (χ2n) is 4.74. The SMILES string of the molecule is COc1c(B(O)O)cccc1C1C(=O)Oc2ccccc21. The molecule has 106 valence electrons. The summed E-state index contributed by atoms with van der Waals surface area (Å²) in [6.45, 7) is 0. The molecule has 0 saturated heterocycles. The summed E-state index contributed by atoms with van der Waals surface area (Å²) in [6.07, 6.45) is 0. The monoisotopic (exact) mass is 284 g/mol. The number of hydrogen-bond acceptors (Lipinski definition) is 5. The summed E-state index contributed by atoms with van der Waals surface area (Å²) in [5.41, 5.74) is 1.51. The van der Waals surface area contributed by atoms with Crippen LogP contribution in [0.5, 0.6) is 11.5 Å². The standard InChI is InChI=1S/C15H13BO5/c1-20-14-10(6-4-7-11(14)16(18)19)13-9-5-2-3-8-12(9)21-15(13)17/h2-8,13,18-19H,1H3. The van der Waals surface area contributed by atoms with Crippen molar-refractivity contribution < 1.29 is 24.3 Å². The molecule has 5 nitrogen and oxygen atoms in total. The number of ether oxygens (including phenoxy) is 2. The van der Waals surface area contributed by atoms with Crippen LogP contribution in [0.15, 0.2) is 42.5 Å². The fourth-order valence-electron chi connectivity index (χ4n) is 2.64. The van der Waals surface area contributed by atoms with E-state index in [-0.39, 0.29) is 11.2 Å². The second-order valence-corrected chi connectivity index (χ2v) is 4.74. The number of fused-ring (bicyclic) bond motifs is 1. The van der Waals surface area contributed by atoms with Gasteiger partial charge in [0.15, 0.2) is 0 Å². The second kappa shape index (κ2) is 5.23. The topological polar surface area (TPSA) is 76.0 Å². The fraction of sp³-hybridized carbons (Fsp3) is 0.133. The highest BCUT2D eigenvalue weighted by Gasteiger charge is 2.37. The van der Waals surface area contributed by atoms with E-state index in [9.17, 15) is 14.8 Å². The summed E-state index contributed by atoms with van der Waals surface area (Å²) < 4.78 is 10.5. The highest BCUT2D eigenvalue weighted by molar-refractivity contribution is 6.59. The molecule has 0 fully saturated rings. The number of rotatable bonds is 3. The van der Waals surface area contributed by atoms with Crippen LogP contribution in [-0.4, -0.2) is 30.2 Å². The van der Waals surface area contributed by atoms with Crippen LogP contribution in [0.2, 0.25) is 0 Å². The van der Waals surface area contributed by atoms with Crippen molar-refractivity contribution >= 4 is 18.6 Å². The Bertz CT molecular complexity index is 698. The van der Waals surface area contributed by atoms with Crippen molar-refractivity contribution in [1.82, 2.24) is 0 Å². The van der Waals surface area contributed by atoms with Crippen LogP contribution in [0.4, 0.5) is 0 Å². The molecule has 1 aliphatic heterocycles. The zero-order valence-electron chi connectivity index (χ0n) is 11.3. The van der Waals surface area contributed by atoms with Crippen molar-refractivity contribution in [2.24, 2.45) is 0 Å². The summed E-state index contributed by atoms with van der Waals surface area (Å²) in [5, 5.41) is 18.8. The number of para-hydroxylation sites is 2. The molecule has 21 heavy (non-hydrogen) atoms. The van der Waals surface area contributed by atoms with Gasteiger partial charge >= 0.3 is 13.1 Å². The van der Waals surface area contributed by atoms with Gasteiger partial charge < -0.3 is 19.5 Å². The first-order chi connectivity index (χ1) is 10.1. The van der Waals surface area contributed by atoms with Crippen molar-refractivity contribution in [3.05, 3.63) is 53.6 Å². The van der Waals surface area contributed by atoms with Crippen molar-refractivity contribution in [2.45, 2.75) is 5.92 Å². The van der Waals surface area contributed by atoms with Crippen LogP contribution in [0.25, 0.3) is 0 Å². The van der Waals surface area contributed by atoms with E-state index in [4.69, 9.17) is 9.47 Å². The Labute approximate surface area is 121 Å². The molecule has 0 radical (unpaired) electrons. The summed E-state index contributed by atoms with van der Waals surface area (Å²) in [5.74, 6) is -0.232. The molecule has 0 amide bonds. The quantitative estimate of drug-likeness (QED) is 0.485. The average Bonchev–Trinajstić information content (AvgIpc) is 2.81. The first-order valence-electron chi connectivity index (χ1n) is 6.47. The van der Waals surface area contributed by atoms with E-state index in [2.05, 4.69) is 0 Å². The number of hydrogen-bond donors (Lipinski definition) is 2. The Morgan fingerprint density at radius 3 is 2.52 bits per heavy atom. The van der Waals surface area contributed by atoms with E-state index in [0.717, 1.165) is 5.56 Å². The molecule has 0 aromatic heterocycles. The van der Waals surface area contributed by atoms with Crippen LogP contribution >= 0.6 is 0 Å². The lowest BCUT2D eigenvalue weighted by Crippen LogP contribution is -2.32. The summed E-state index contributed by atoms with van der Waals surface area (Å²) in [4.78, 5) is 12.2. The van der Waals surface area contributed by atoms with Crippen LogP contribution < -0.4 is 14.9 Å². The molecule has 1 atom stereocenters. The maximum absolute atomic E-state index is 12.2. The van der Waals surface area contributed by atoms with Gasteiger partial charge in [0.2, 0.25) is 0 Å². The highest BCUT2D eigenvalue weighted by atomic mass is 16.5. The smallest absolute Gasteiger partial charge is 0.492 e. The third kappa shape index (κ3) is 2.18. The zero-order valence-corrected chi connectivity index (χ0v) is 11.3. The number of methoxy groups -OCH3 is 1. The Morgan fingerprint density at radius 2 is 1.81 bits per heavy atom. The predicted molar refractivity (Wildman–Crippen MR) is 76.7 cm³/mol. The average molecular weight is 284 g/mol. The Balaban J connectivity index is 2.17. The van der Waals surface area contributed by atoms with Gasteiger partial charge in [-0.1, -0.05) is 36.4 Å². The van der Waals surface area contributed by atoms with E-state index < -0.39 is 19.0 Å². The van der Waals surface area contributed by atoms with E-state index in [1.165, 1.54) is 7.11 Å². The first kappa shape index (κ1) is 13.7. The zero-order chi connectivity index (χ0) is 15.0. The third-order valence-corrected chi connectivity index (χ3v) is 3.55. The lowest BCUT2D eigenvalue weighted by molar-refractivity contribution is -0.133. The van der Waals surface area contributed by atoms with Crippen molar-refractivity contribution in [2.75, 3.05) is 7.11 Å². The van der Waals surface area contributed by atoms with Crippen LogP contribution in [0.3, 0.4) is 0 Å². The normalized spacial score (nSPS) is 16.3. The minimum atomic E-state index is -1.67. The number of esters is 1. The Morgan fingerprint density at radius 1 is 1.10 bits per heavy atom. The van der Waals surface area contributed by atoms with Gasteiger partial charge in [0.05, 0.1) is 7.11 Å². The molecule has 1 unspecified atom stereocenters. The van der Waals surface area contributed by atoms with Gasteiger partial charge in [-0.3, -0.25) is 4.79 Å². The van der Waals surface area contributed by atoms with Crippen LogP contribution in [-0.2, 0) is 4.79 Å². The minimum absolute atomic E-state index is 0.215. The van der Waals surface area contributed by atoms with Crippen molar-refractivity contribution in [3.63, 3.8) is 0 Å². The molecule has 2 N–H and O–H groups in total. The van der Waals surface area contributed by atoms with E-state index >= 15 is 0 Å². The molecule has 3 rings (SSSR count). The van der Waals surface area contributed by atoms with E-state index in [1.54, 1.807) is 30.3 Å². The summed E-state index contributed by atoms with van der Waals surface area (Å²) in [7, 11) is -0.246. The molecule has 2 aromatic carbocycles. The van der Waals surface area contributed by atoms with Crippen LogP contribution in [0, 0.1) is 0 Å². The Hall–Kier alpha value is -2.31. The first-order valence-corrected chi connectivity index (χ1v) is 6.47. The summed E-state index contributed by atoms with van der Waals surface area (Å²) in [6, 6.07) is 12.1. The fourth-order valence-corrected chi connectivity index (χ4v) is 2.64. The molecule has 0 aliphatic carbocycles. The molecule has 0 saturated carbocycles. The van der Waals surface area contributed by atoms with Gasteiger partial charge in [-0.05, 0) is 6.07 Å². The number of benzene rings is 2. The number of carbonyl (C=O) groups excluding carboxylic acids is 1. The van der Waals surface area contributed by atoms with Crippen LogP contribution in [0.1, 0.15) is 17.0 Å². The van der Waals surface area contributed by atoms with Crippen molar-refractivity contribution in [1.29, 1.82) is 0 Å². The van der Waals surface area contributed by atoms with Gasteiger partial charge in [-0.2, -0.15) is 0 Å². The molecule has 6 heteroatoms. The lowest BCUT2D eigenvalue weighted by Gasteiger charge is -2.16. The molecule has 0 spiro atoms. The van der Waals surface area contributed by atoms with Gasteiger partial charge in [0.25, 0.3) is 0 Å². The maximum Gasteiger partial charge on any atom is 0.492 e. The van der Waals surface area contributed by atoms with E-state index in [1.807, 2.05) is 12.1 Å². The molecular formula is C15H13BO5. The summed E-state index contributed by atoms with van der Waals surface area (Å²) >= 11 is 0. The van der Waals surface area contributed by atoms with Gasteiger partial charge in [-0.15, -0.1) is 0 Å². The molecule has 1 heterocycles. The lowest BCUT2D eigenvalue weighted by atomic mass is 9.76. The van der Waals surface area contributed by atoms with Gasteiger partial charge in [0, 0.05) is 16.6 Å². The maximum atomic E-state index is 12.2. The van der Waals surface area contributed by atoms with Gasteiger partial charge in [0.1, 0.15) is 17.4 Å². The molecule has 0 bridgehead atoms. The van der Waals surface area contributed by atoms with Gasteiger partial charge in [-0.25, -0.2) is 0 Å². The molecule has 2 aromatic rings. The van der Waals surface area contributed by atoms with Crippen molar-refractivity contribution in [3.8, 4) is 11.5 Å². The van der Waals surface area contributed by atoms with E-state index in [0.29, 0.717) is 11.3 Å². The molecule has 1 aliphatic rings. The Kier molecular flexibility index (Phi) is 3.41. The predicted octanol–water partition coefficient (Wildman–Crippen LogP) is 0.426. The minimum Gasteiger partial charge on any atom is -0.497 e. The highest BCUT2D eigenvalue weighted by Crippen LogP contribution is 2.41. The third-order valence-electron chi connectivity index (χ3n) is 3.55. The number of carbonyl (C=O) groups is 1. The molecular weight excluding hydrogens is 271 g/mol. The largest absolute Gasteiger partial charge is 0.497 e.